The lowest BCUT2D eigenvalue weighted by molar-refractivity contribution is -0.132. The van der Waals surface area contributed by atoms with Crippen molar-refractivity contribution in [2.75, 3.05) is 6.54 Å². The molecule has 2 aromatic rings. The molecular weight excluding hydrogens is 311 g/mol. The number of amides is 1. The number of carbonyl (C=O) groups is 1. The Bertz CT molecular complexity index is 754. The van der Waals surface area contributed by atoms with E-state index in [0.717, 1.165) is 11.4 Å². The topological polar surface area (TPSA) is 68.5 Å². The van der Waals surface area contributed by atoms with Gasteiger partial charge >= 0.3 is 0 Å². The third-order valence-corrected chi connectivity index (χ3v) is 4.12. The van der Waals surface area contributed by atoms with Crippen LogP contribution in [0.1, 0.15) is 18.3 Å². The van der Waals surface area contributed by atoms with Crippen LogP contribution in [-0.2, 0) is 16.2 Å². The molecule has 6 nitrogen and oxygen atoms in total. The highest BCUT2D eigenvalue weighted by Crippen LogP contribution is 2.23. The molecular formula is C17H19FN4O2. The Balaban J connectivity index is 1.55. The number of oxime groups is 1. The van der Waals surface area contributed by atoms with E-state index in [-0.39, 0.29) is 17.6 Å². The van der Waals surface area contributed by atoms with E-state index in [2.05, 4.69) is 15.5 Å². The molecule has 24 heavy (non-hydrogen) atoms. The van der Waals surface area contributed by atoms with Gasteiger partial charge in [-0.3, -0.25) is 4.79 Å². The Hall–Kier alpha value is -2.70. The van der Waals surface area contributed by atoms with E-state index < -0.39 is 6.10 Å². The van der Waals surface area contributed by atoms with Gasteiger partial charge in [0, 0.05) is 25.5 Å². The van der Waals surface area contributed by atoms with Gasteiger partial charge in [-0.2, -0.15) is 0 Å². The molecule has 7 heteroatoms. The molecule has 0 radical (unpaired) electrons. The number of benzene rings is 1. The maximum atomic E-state index is 13.0. The number of hydrogen-bond donors (Lipinski definition) is 1. The van der Waals surface area contributed by atoms with Crippen LogP contribution < -0.4 is 5.32 Å². The summed E-state index contributed by atoms with van der Waals surface area (Å²) in [6.07, 6.45) is 2.92. The summed E-state index contributed by atoms with van der Waals surface area (Å²) in [6.45, 7) is 4.91. The number of hydrogen-bond acceptors (Lipinski definition) is 4. The minimum absolute atomic E-state index is 0.203. The van der Waals surface area contributed by atoms with Gasteiger partial charge in [-0.05, 0) is 24.6 Å². The van der Waals surface area contributed by atoms with Crippen molar-refractivity contribution in [1.82, 2.24) is 14.9 Å². The second-order valence-corrected chi connectivity index (χ2v) is 5.76. The number of aryl methyl sites for hydroxylation is 1. The first-order chi connectivity index (χ1) is 11.6. The molecule has 0 spiro atoms. The van der Waals surface area contributed by atoms with Gasteiger partial charge in [0.05, 0.1) is 11.6 Å². The van der Waals surface area contributed by atoms with Gasteiger partial charge in [0.15, 0.2) is 0 Å². The van der Waals surface area contributed by atoms with Gasteiger partial charge < -0.3 is 14.7 Å². The van der Waals surface area contributed by atoms with E-state index in [0.29, 0.717) is 18.8 Å². The summed E-state index contributed by atoms with van der Waals surface area (Å²) in [5, 5.41) is 6.87. The van der Waals surface area contributed by atoms with E-state index in [9.17, 15) is 9.18 Å². The highest BCUT2D eigenvalue weighted by molar-refractivity contribution is 6.05. The zero-order chi connectivity index (χ0) is 17.1. The minimum Gasteiger partial charge on any atom is -0.381 e. The van der Waals surface area contributed by atoms with Gasteiger partial charge in [0.2, 0.25) is 6.10 Å². The summed E-state index contributed by atoms with van der Waals surface area (Å²) in [5.41, 5.74) is 1.41. The Morgan fingerprint density at radius 1 is 1.38 bits per heavy atom. The number of halogens is 1. The highest BCUT2D eigenvalue weighted by Gasteiger charge is 2.36. The normalized spacial score (nSPS) is 19.7. The predicted molar refractivity (Wildman–Crippen MR) is 86.9 cm³/mol. The second kappa shape index (κ2) is 6.82. The van der Waals surface area contributed by atoms with Gasteiger partial charge in [0.25, 0.3) is 5.91 Å². The lowest BCUT2D eigenvalue weighted by Crippen LogP contribution is -2.40. The molecule has 126 valence electrons. The molecule has 0 aliphatic carbocycles. The van der Waals surface area contributed by atoms with Crippen LogP contribution in [0.15, 0.2) is 41.8 Å². The highest BCUT2D eigenvalue weighted by atomic mass is 19.1. The molecule has 0 saturated heterocycles. The largest absolute Gasteiger partial charge is 0.381 e. The van der Waals surface area contributed by atoms with Crippen LogP contribution in [0.25, 0.3) is 0 Å². The molecule has 1 aromatic carbocycles. The second-order valence-electron chi connectivity index (χ2n) is 5.76. The summed E-state index contributed by atoms with van der Waals surface area (Å²) in [4.78, 5) is 21.7. The van der Waals surface area contributed by atoms with Crippen molar-refractivity contribution in [1.29, 1.82) is 0 Å². The van der Waals surface area contributed by atoms with Gasteiger partial charge in [-0.1, -0.05) is 24.2 Å². The predicted octanol–water partition coefficient (Wildman–Crippen LogP) is 1.89. The van der Waals surface area contributed by atoms with Crippen LogP contribution in [0.4, 0.5) is 4.39 Å². The van der Waals surface area contributed by atoms with Crippen molar-refractivity contribution >= 4 is 11.6 Å². The molecule has 3 rings (SSSR count). The summed E-state index contributed by atoms with van der Waals surface area (Å²) in [5.74, 6) is 0.179. The standard InChI is InChI=1S/C17H19FN4O2/c1-11-15(13-3-5-14(18)6-4-13)21-24-16(11)17(23)20-8-10-22-9-7-19-12(22)2/h3-7,9,11,16H,8,10H2,1-2H3,(H,20,23)/t11-,16+/m0/s1. The van der Waals surface area contributed by atoms with Crippen LogP contribution in [0.3, 0.4) is 0 Å². The Labute approximate surface area is 139 Å². The number of imidazole rings is 1. The summed E-state index contributed by atoms with van der Waals surface area (Å²) in [6, 6.07) is 6.00. The van der Waals surface area contributed by atoms with Crippen molar-refractivity contribution in [3.05, 3.63) is 53.9 Å². The molecule has 0 unspecified atom stereocenters. The first-order valence-corrected chi connectivity index (χ1v) is 7.81. The van der Waals surface area contributed by atoms with Crippen molar-refractivity contribution in [2.24, 2.45) is 11.1 Å². The fourth-order valence-electron chi connectivity index (χ4n) is 2.68. The number of nitrogens with zero attached hydrogens (tertiary/aromatic N) is 3. The summed E-state index contributed by atoms with van der Waals surface area (Å²) in [7, 11) is 0. The molecule has 1 aliphatic heterocycles. The third-order valence-electron chi connectivity index (χ3n) is 4.12. The average Bonchev–Trinajstić information content (AvgIpc) is 3.14. The van der Waals surface area contributed by atoms with Crippen LogP contribution in [0.5, 0.6) is 0 Å². The number of carbonyl (C=O) groups excluding carboxylic acids is 1. The van der Waals surface area contributed by atoms with Crippen molar-refractivity contribution < 1.29 is 14.0 Å². The van der Waals surface area contributed by atoms with Crippen LogP contribution in [0, 0.1) is 18.7 Å². The van der Waals surface area contributed by atoms with Gasteiger partial charge in [-0.25, -0.2) is 9.37 Å². The number of aromatic nitrogens is 2. The Morgan fingerprint density at radius 2 is 2.12 bits per heavy atom. The molecule has 1 amide bonds. The van der Waals surface area contributed by atoms with E-state index in [4.69, 9.17) is 4.84 Å². The molecule has 1 aliphatic rings. The molecule has 0 fully saturated rings. The SMILES string of the molecule is Cc1nccn1CCNC(=O)[C@@H]1ON=C(c2ccc(F)cc2)[C@@H]1C. The number of nitrogens with one attached hydrogen (secondary N) is 1. The first-order valence-electron chi connectivity index (χ1n) is 7.81. The van der Waals surface area contributed by atoms with Crippen LogP contribution >= 0.6 is 0 Å². The monoisotopic (exact) mass is 330 g/mol. The Kier molecular flexibility index (Phi) is 4.59. The van der Waals surface area contributed by atoms with E-state index in [1.54, 1.807) is 18.3 Å². The molecule has 2 atom stereocenters. The van der Waals surface area contributed by atoms with Gasteiger partial charge in [0.1, 0.15) is 11.6 Å². The lowest BCUT2D eigenvalue weighted by atomic mass is 9.94. The van der Waals surface area contributed by atoms with Crippen LogP contribution in [0.2, 0.25) is 0 Å². The van der Waals surface area contributed by atoms with Crippen molar-refractivity contribution in [3.63, 3.8) is 0 Å². The molecule has 0 bridgehead atoms. The van der Waals surface area contributed by atoms with E-state index in [1.807, 2.05) is 24.6 Å². The first kappa shape index (κ1) is 16.2. The molecule has 0 saturated carbocycles. The zero-order valence-corrected chi connectivity index (χ0v) is 13.6. The summed E-state index contributed by atoms with van der Waals surface area (Å²) < 4.78 is 15.0. The zero-order valence-electron chi connectivity index (χ0n) is 13.6. The van der Waals surface area contributed by atoms with E-state index >= 15 is 0 Å². The maximum Gasteiger partial charge on any atom is 0.264 e. The Morgan fingerprint density at radius 3 is 2.79 bits per heavy atom. The minimum atomic E-state index is -0.672. The quantitative estimate of drug-likeness (QED) is 0.910. The van der Waals surface area contributed by atoms with Crippen molar-refractivity contribution in [2.45, 2.75) is 26.5 Å². The lowest BCUT2D eigenvalue weighted by Gasteiger charge is -2.15. The fraction of sp³-hybridized carbons (Fsp3) is 0.353. The van der Waals surface area contributed by atoms with Gasteiger partial charge in [-0.15, -0.1) is 0 Å². The average molecular weight is 330 g/mol. The van der Waals surface area contributed by atoms with Crippen molar-refractivity contribution in [3.8, 4) is 0 Å². The maximum absolute atomic E-state index is 13.0. The smallest absolute Gasteiger partial charge is 0.264 e. The number of rotatable bonds is 5. The van der Waals surface area contributed by atoms with Crippen LogP contribution in [-0.4, -0.2) is 33.8 Å². The molecule has 2 heterocycles. The molecule has 1 N–H and O–H groups in total. The van der Waals surface area contributed by atoms with E-state index in [1.165, 1.54) is 12.1 Å². The fourth-order valence-corrected chi connectivity index (χ4v) is 2.68. The molecule has 1 aromatic heterocycles. The summed E-state index contributed by atoms with van der Waals surface area (Å²) >= 11 is 0. The third kappa shape index (κ3) is 3.29.